The van der Waals surface area contributed by atoms with Crippen LogP contribution in [0.5, 0.6) is 11.5 Å². The third-order valence-electron chi connectivity index (χ3n) is 5.77. The van der Waals surface area contributed by atoms with E-state index >= 15 is 0 Å². The second kappa shape index (κ2) is 8.33. The monoisotopic (exact) mass is 411 g/mol. The van der Waals surface area contributed by atoms with Gasteiger partial charge in [0.2, 0.25) is 0 Å². The highest BCUT2D eigenvalue weighted by Crippen LogP contribution is 2.45. The van der Waals surface area contributed by atoms with Crippen molar-refractivity contribution in [3.05, 3.63) is 65.6 Å². The van der Waals surface area contributed by atoms with Crippen LogP contribution in [0.4, 0.5) is 0 Å². The Morgan fingerprint density at radius 1 is 0.833 bits per heavy atom. The number of aliphatic carboxylic acids is 1. The lowest BCUT2D eigenvalue weighted by Crippen LogP contribution is -2.32. The highest BCUT2D eigenvalue weighted by atomic mass is 16.4. The van der Waals surface area contributed by atoms with Crippen LogP contribution in [-0.4, -0.2) is 21.3 Å². The Balaban J connectivity index is 2.86. The molecular formula is C26H35O4. The fourth-order valence-corrected chi connectivity index (χ4v) is 4.18. The van der Waals surface area contributed by atoms with Crippen molar-refractivity contribution in [3.8, 4) is 11.5 Å². The molecule has 0 saturated carbocycles. The molecule has 1 radical (unpaired) electrons. The molecule has 0 aliphatic heterocycles. The first kappa shape index (κ1) is 23.8. The summed E-state index contributed by atoms with van der Waals surface area (Å²) in [5, 5.41) is 30.7. The number of hydrogen-bond acceptors (Lipinski definition) is 3. The molecule has 0 spiro atoms. The van der Waals surface area contributed by atoms with Crippen LogP contribution in [0.1, 0.15) is 83.1 Å². The summed E-state index contributed by atoms with van der Waals surface area (Å²) in [6.07, 6.45) is 0.970. The second-order valence-electron chi connectivity index (χ2n) is 10.2. The van der Waals surface area contributed by atoms with Crippen molar-refractivity contribution in [2.75, 3.05) is 0 Å². The smallest absolute Gasteiger partial charge is 0.304 e. The number of benzene rings is 2. The summed E-state index contributed by atoms with van der Waals surface area (Å²) in [6.45, 7) is 16.1. The highest BCUT2D eigenvalue weighted by molar-refractivity contribution is 5.71. The van der Waals surface area contributed by atoms with E-state index in [-0.39, 0.29) is 28.7 Å². The van der Waals surface area contributed by atoms with Gasteiger partial charge in [-0.25, -0.2) is 0 Å². The van der Waals surface area contributed by atoms with Gasteiger partial charge in [-0.2, -0.15) is 0 Å². The number of hydrogen-bond donors (Lipinski definition) is 3. The SMILES string of the molecule is [CH2]CCC(CC(=O)O)(c1ccc(O)c(C(C)(C)C)c1)c1ccc(O)c(C(C)(C)C)c1. The predicted octanol–water partition coefficient (Wildman–Crippen LogP) is 6.07. The number of carbonyl (C=O) groups is 1. The Labute approximate surface area is 180 Å². The van der Waals surface area contributed by atoms with Crippen molar-refractivity contribution >= 4 is 5.97 Å². The van der Waals surface area contributed by atoms with Gasteiger partial charge in [-0.15, -0.1) is 0 Å². The first-order chi connectivity index (χ1) is 13.7. The predicted molar refractivity (Wildman–Crippen MR) is 121 cm³/mol. The summed E-state index contributed by atoms with van der Waals surface area (Å²) >= 11 is 0. The fraction of sp³-hybridized carbons (Fsp3) is 0.462. The zero-order valence-corrected chi connectivity index (χ0v) is 19.0. The Bertz CT molecular complexity index is 850. The van der Waals surface area contributed by atoms with Crippen molar-refractivity contribution in [2.45, 2.75) is 77.0 Å². The van der Waals surface area contributed by atoms with E-state index in [0.717, 1.165) is 22.3 Å². The Morgan fingerprint density at radius 2 is 1.23 bits per heavy atom. The molecule has 30 heavy (non-hydrogen) atoms. The molecule has 0 aromatic heterocycles. The quantitative estimate of drug-likeness (QED) is 0.539. The minimum atomic E-state index is -0.904. The van der Waals surface area contributed by atoms with E-state index in [4.69, 9.17) is 0 Å². The van der Waals surface area contributed by atoms with E-state index in [1.165, 1.54) is 0 Å². The summed E-state index contributed by atoms with van der Waals surface area (Å²) in [5.74, 6) is -0.503. The maximum atomic E-state index is 12.0. The molecule has 2 aromatic carbocycles. The maximum Gasteiger partial charge on any atom is 0.304 e. The van der Waals surface area contributed by atoms with E-state index in [9.17, 15) is 20.1 Å². The Kier molecular flexibility index (Phi) is 6.60. The molecule has 4 nitrogen and oxygen atoms in total. The minimum Gasteiger partial charge on any atom is -0.508 e. The topological polar surface area (TPSA) is 77.8 Å². The number of rotatable bonds is 6. The van der Waals surface area contributed by atoms with E-state index in [2.05, 4.69) is 6.92 Å². The first-order valence-corrected chi connectivity index (χ1v) is 10.4. The molecule has 0 unspecified atom stereocenters. The van der Waals surface area contributed by atoms with Gasteiger partial charge in [0, 0.05) is 5.41 Å². The Hall–Kier alpha value is -2.49. The van der Waals surface area contributed by atoms with Crippen LogP contribution in [-0.2, 0) is 21.0 Å². The molecule has 3 N–H and O–H groups in total. The molecule has 2 aromatic rings. The summed E-state index contributed by atoms with van der Waals surface area (Å²) in [7, 11) is 0. The zero-order chi connectivity index (χ0) is 22.9. The lowest BCUT2D eigenvalue weighted by atomic mass is 9.67. The summed E-state index contributed by atoms with van der Waals surface area (Å²) in [6, 6.07) is 10.8. The maximum absolute atomic E-state index is 12.0. The minimum absolute atomic E-state index is 0.106. The van der Waals surface area contributed by atoms with Crippen LogP contribution in [0.25, 0.3) is 0 Å². The van der Waals surface area contributed by atoms with Gasteiger partial charge in [-0.05, 0) is 51.6 Å². The first-order valence-electron chi connectivity index (χ1n) is 10.4. The van der Waals surface area contributed by atoms with Gasteiger partial charge in [0.1, 0.15) is 11.5 Å². The molecule has 0 heterocycles. The van der Waals surface area contributed by atoms with Crippen LogP contribution < -0.4 is 0 Å². The van der Waals surface area contributed by atoms with Crippen molar-refractivity contribution in [3.63, 3.8) is 0 Å². The third kappa shape index (κ3) is 4.80. The van der Waals surface area contributed by atoms with Gasteiger partial charge in [0.05, 0.1) is 6.42 Å². The van der Waals surface area contributed by atoms with Gasteiger partial charge in [-0.1, -0.05) is 79.2 Å². The molecular weight excluding hydrogens is 376 g/mol. The molecule has 0 aliphatic carbocycles. The molecule has 0 bridgehead atoms. The largest absolute Gasteiger partial charge is 0.508 e. The highest BCUT2D eigenvalue weighted by Gasteiger charge is 2.38. The van der Waals surface area contributed by atoms with Gasteiger partial charge in [0.15, 0.2) is 0 Å². The molecule has 2 rings (SSSR count). The number of aromatic hydroxyl groups is 2. The van der Waals surface area contributed by atoms with Crippen molar-refractivity contribution < 1.29 is 20.1 Å². The fourth-order valence-electron chi connectivity index (χ4n) is 4.18. The van der Waals surface area contributed by atoms with Crippen LogP contribution in [0, 0.1) is 6.92 Å². The number of phenolic OH excluding ortho intramolecular Hbond substituents is 2. The second-order valence-corrected chi connectivity index (χ2v) is 10.2. The summed E-state index contributed by atoms with van der Waals surface area (Å²) < 4.78 is 0. The number of carboxylic acid groups (broad SMARTS) is 1. The van der Waals surface area contributed by atoms with E-state index in [1.54, 1.807) is 12.1 Å². The van der Waals surface area contributed by atoms with E-state index in [0.29, 0.717) is 12.8 Å². The molecule has 0 aliphatic rings. The standard InChI is InChI=1S/C26H35O4/c1-8-13-26(16-23(29)30,17-9-11-21(27)19(14-17)24(2,3)4)18-10-12-22(28)20(15-18)25(5,6)7/h9-12,14-15,27-28H,1,8,13,16H2,2-7H3,(H,29,30). The molecule has 0 saturated heterocycles. The zero-order valence-electron chi connectivity index (χ0n) is 19.0. The average molecular weight is 412 g/mol. The molecule has 4 heteroatoms. The van der Waals surface area contributed by atoms with E-state index in [1.807, 2.05) is 65.8 Å². The number of carboxylic acids is 1. The third-order valence-corrected chi connectivity index (χ3v) is 5.77. The lowest BCUT2D eigenvalue weighted by molar-refractivity contribution is -0.138. The summed E-state index contributed by atoms with van der Waals surface area (Å²) in [5.41, 5.74) is 1.79. The molecule has 0 amide bonds. The van der Waals surface area contributed by atoms with Gasteiger partial charge in [-0.3, -0.25) is 4.79 Å². The lowest BCUT2D eigenvalue weighted by Gasteiger charge is -2.36. The van der Waals surface area contributed by atoms with Crippen molar-refractivity contribution in [2.24, 2.45) is 0 Å². The van der Waals surface area contributed by atoms with Crippen LogP contribution >= 0.6 is 0 Å². The Morgan fingerprint density at radius 3 is 1.53 bits per heavy atom. The van der Waals surface area contributed by atoms with E-state index < -0.39 is 11.4 Å². The van der Waals surface area contributed by atoms with Gasteiger partial charge in [0.25, 0.3) is 0 Å². The average Bonchev–Trinajstić information content (AvgIpc) is 2.59. The van der Waals surface area contributed by atoms with Crippen LogP contribution in [0.3, 0.4) is 0 Å². The van der Waals surface area contributed by atoms with Crippen molar-refractivity contribution in [1.29, 1.82) is 0 Å². The molecule has 163 valence electrons. The van der Waals surface area contributed by atoms with Crippen molar-refractivity contribution in [1.82, 2.24) is 0 Å². The normalized spacial score (nSPS) is 12.8. The number of phenols is 2. The van der Waals surface area contributed by atoms with Crippen LogP contribution in [0.15, 0.2) is 36.4 Å². The molecule has 0 atom stereocenters. The summed E-state index contributed by atoms with van der Waals surface area (Å²) in [4.78, 5) is 12.0. The van der Waals surface area contributed by atoms with Crippen LogP contribution in [0.2, 0.25) is 0 Å². The molecule has 0 fully saturated rings. The van der Waals surface area contributed by atoms with Gasteiger partial charge >= 0.3 is 5.97 Å². The van der Waals surface area contributed by atoms with Gasteiger partial charge < -0.3 is 15.3 Å².